The molecule has 0 saturated carbocycles. The lowest BCUT2D eigenvalue weighted by atomic mass is 9.86. The zero-order chi connectivity index (χ0) is 38.3. The average Bonchev–Trinajstić information content (AvgIpc) is 3.62. The van der Waals surface area contributed by atoms with Crippen LogP contribution in [0.1, 0.15) is 50.2 Å². The van der Waals surface area contributed by atoms with Crippen LogP contribution in [0.5, 0.6) is 5.75 Å². The van der Waals surface area contributed by atoms with E-state index in [1.54, 1.807) is 50.7 Å². The summed E-state index contributed by atoms with van der Waals surface area (Å²) in [6.07, 6.45) is 2.55. The van der Waals surface area contributed by atoms with Crippen molar-refractivity contribution in [3.05, 3.63) is 53.1 Å². The van der Waals surface area contributed by atoms with Gasteiger partial charge in [-0.3, -0.25) is 9.13 Å². The van der Waals surface area contributed by atoms with Crippen molar-refractivity contribution in [2.75, 3.05) is 26.5 Å². The Hall–Kier alpha value is -3.56. The largest absolute Gasteiger partial charge is 0.496 e. The molecule has 0 saturated heterocycles. The fraction of sp³-hybridized carbons (Fsp3) is 0.556. The Morgan fingerprint density at radius 1 is 1.06 bits per heavy atom. The topological polar surface area (TPSA) is 142 Å². The van der Waals surface area contributed by atoms with Crippen LogP contribution in [0, 0.1) is 18.3 Å². The van der Waals surface area contributed by atoms with Crippen molar-refractivity contribution in [2.45, 2.75) is 104 Å². The van der Waals surface area contributed by atoms with Crippen molar-refractivity contribution < 1.29 is 27.4 Å². The second kappa shape index (κ2) is 14.5. The molecule has 4 aromatic rings. The molecular weight excluding hydrogens is 701 g/mol. The van der Waals surface area contributed by atoms with E-state index in [2.05, 4.69) is 50.3 Å². The number of carbonyl (C=O) groups excluding carboxylic acids is 1. The predicted molar refractivity (Wildman–Crippen MR) is 207 cm³/mol. The van der Waals surface area contributed by atoms with Gasteiger partial charge < -0.3 is 14.2 Å². The minimum Gasteiger partial charge on any atom is -0.496 e. The van der Waals surface area contributed by atoms with E-state index in [1.165, 1.54) is 22.2 Å². The van der Waals surface area contributed by atoms with Gasteiger partial charge in [-0.15, -0.1) is 0 Å². The molecule has 12 nitrogen and oxygen atoms in total. The quantitative estimate of drug-likeness (QED) is 0.100. The van der Waals surface area contributed by atoms with Crippen molar-refractivity contribution in [1.82, 2.24) is 23.4 Å². The van der Waals surface area contributed by atoms with E-state index in [0.29, 0.717) is 57.4 Å². The van der Waals surface area contributed by atoms with Crippen LogP contribution in [-0.4, -0.2) is 86.2 Å². The average molecular weight is 755 g/mol. The van der Waals surface area contributed by atoms with Gasteiger partial charge in [0.1, 0.15) is 41.0 Å². The van der Waals surface area contributed by atoms with E-state index in [-0.39, 0.29) is 12.5 Å². The molecule has 0 spiro atoms. The molecule has 1 aromatic carbocycles. The number of rotatable bonds is 13. The van der Waals surface area contributed by atoms with E-state index in [1.807, 2.05) is 19.9 Å². The van der Waals surface area contributed by atoms with E-state index in [9.17, 15) is 18.5 Å². The fourth-order valence-corrected chi connectivity index (χ4v) is 11.2. The Bertz CT molecular complexity index is 2080. The molecule has 15 heteroatoms. The third-order valence-corrected chi connectivity index (χ3v) is 14.7. The Balaban J connectivity index is 2.11. The number of nitrogens with zero attached hydrogens (tertiary/aromatic N) is 6. The van der Waals surface area contributed by atoms with Gasteiger partial charge in [0.2, 0.25) is 10.0 Å². The molecule has 1 unspecified atom stereocenters. The van der Waals surface area contributed by atoms with E-state index >= 15 is 0 Å². The Labute approximate surface area is 304 Å². The molecule has 0 aliphatic carbocycles. The third-order valence-electron chi connectivity index (χ3n) is 8.94. The maximum atomic E-state index is 14.5. The molecule has 0 fully saturated rings. The highest BCUT2D eigenvalue weighted by molar-refractivity contribution is 7.89. The summed E-state index contributed by atoms with van der Waals surface area (Å²) in [5, 5.41) is 10.3. The molecule has 3 heterocycles. The number of fused-ring (bicyclic) bond motifs is 2. The normalized spacial score (nSPS) is 14.2. The number of benzene rings is 1. The molecule has 0 radical (unpaired) electrons. The van der Waals surface area contributed by atoms with Crippen LogP contribution in [0.25, 0.3) is 22.1 Å². The van der Waals surface area contributed by atoms with Gasteiger partial charge in [0.15, 0.2) is 5.65 Å². The zero-order valence-electron chi connectivity index (χ0n) is 32.5. The zero-order valence-corrected chi connectivity index (χ0v) is 35.3. The summed E-state index contributed by atoms with van der Waals surface area (Å²) in [5.41, 5.74) is 0.689. The second-order valence-corrected chi connectivity index (χ2v) is 30.1. The molecule has 51 heavy (non-hydrogen) atoms. The van der Waals surface area contributed by atoms with Crippen molar-refractivity contribution in [1.29, 1.82) is 5.26 Å². The Morgan fingerprint density at radius 2 is 1.71 bits per heavy atom. The summed E-state index contributed by atoms with van der Waals surface area (Å²) in [6, 6.07) is 8.85. The first-order valence-corrected chi connectivity index (χ1v) is 26.2. The highest BCUT2D eigenvalue weighted by Crippen LogP contribution is 2.47. The van der Waals surface area contributed by atoms with Gasteiger partial charge >= 0.3 is 6.09 Å². The number of hydrogen-bond acceptors (Lipinski definition) is 9. The minimum atomic E-state index is -3.94. The highest BCUT2D eigenvalue weighted by atomic mass is 32.2. The maximum Gasteiger partial charge on any atom is 0.419 e. The van der Waals surface area contributed by atoms with E-state index in [4.69, 9.17) is 19.2 Å². The van der Waals surface area contributed by atoms with Crippen molar-refractivity contribution in [3.8, 4) is 11.8 Å². The number of sulfonamides is 1. The Kier molecular flexibility index (Phi) is 11.4. The van der Waals surface area contributed by atoms with Crippen molar-refractivity contribution >= 4 is 54.3 Å². The van der Waals surface area contributed by atoms with Crippen LogP contribution in [0.4, 0.5) is 4.79 Å². The molecule has 0 aliphatic heterocycles. The molecule has 0 amide bonds. The first-order chi connectivity index (χ1) is 23.4. The number of ether oxygens (including phenoxy) is 3. The van der Waals surface area contributed by atoms with Crippen molar-refractivity contribution in [3.63, 3.8) is 0 Å². The highest BCUT2D eigenvalue weighted by Gasteiger charge is 2.48. The number of aryl methyl sites for hydroxylation is 1. The summed E-state index contributed by atoms with van der Waals surface area (Å²) in [4.78, 5) is 23.2. The first kappa shape index (κ1) is 40.2. The summed E-state index contributed by atoms with van der Waals surface area (Å²) in [7, 11) is -4.04. The summed E-state index contributed by atoms with van der Waals surface area (Å²) < 4.78 is 51.8. The standard InChI is InChI=1S/C36H54N6O6SSi2/c1-25-20-29(46-7)30(27-14-15-41(31(25)27)34(43)48-35(2,3)4)36(5,40(6)49(44,45)17-19-51(11,12)13)33-39-28-21-26(22-37)23-38-32(28)42(33)24-47-16-18-50(8,9)10/h14-15,20-21,23H,16-19,24H2,1-13H3. The van der Waals surface area contributed by atoms with Gasteiger partial charge in [-0.1, -0.05) is 39.3 Å². The Morgan fingerprint density at radius 3 is 2.27 bits per heavy atom. The lowest BCUT2D eigenvalue weighted by Gasteiger charge is -2.39. The first-order valence-electron chi connectivity index (χ1n) is 17.2. The lowest BCUT2D eigenvalue weighted by molar-refractivity contribution is 0.0544. The van der Waals surface area contributed by atoms with Crippen molar-refractivity contribution in [2.24, 2.45) is 0 Å². The molecule has 0 N–H and O–H groups in total. The van der Waals surface area contributed by atoms with Crippen LogP contribution in [0.15, 0.2) is 30.6 Å². The second-order valence-electron chi connectivity index (χ2n) is 16.8. The molecule has 0 aliphatic rings. The molecule has 0 bridgehead atoms. The van der Waals surface area contributed by atoms with Gasteiger partial charge in [0.25, 0.3) is 0 Å². The number of nitriles is 1. The van der Waals surface area contributed by atoms with Gasteiger partial charge in [0.05, 0.1) is 23.9 Å². The van der Waals surface area contributed by atoms with Crippen LogP contribution in [0.2, 0.25) is 51.4 Å². The number of pyridine rings is 1. The molecular formula is C36H54N6O6SSi2. The monoisotopic (exact) mass is 754 g/mol. The van der Waals surface area contributed by atoms with Crippen LogP contribution in [-0.2, 0) is 31.8 Å². The summed E-state index contributed by atoms with van der Waals surface area (Å²) in [5.74, 6) is 0.690. The predicted octanol–water partition coefficient (Wildman–Crippen LogP) is 7.53. The van der Waals surface area contributed by atoms with Crippen LogP contribution in [0.3, 0.4) is 0 Å². The van der Waals surface area contributed by atoms with Gasteiger partial charge in [-0.25, -0.2) is 23.2 Å². The number of carbonyl (C=O) groups is 1. The summed E-state index contributed by atoms with van der Waals surface area (Å²) in [6.45, 7) is 22.9. The SMILES string of the molecule is COc1cc(C)c2c(ccn2C(=O)OC(C)(C)C)c1C(C)(c1nc2cc(C#N)cnc2n1COCC[Si](C)(C)C)N(C)S(=O)(=O)CC[Si](C)(C)C. The van der Waals surface area contributed by atoms with E-state index in [0.717, 1.165) is 11.6 Å². The number of imidazole rings is 1. The number of hydrogen-bond donors (Lipinski definition) is 0. The third kappa shape index (κ3) is 8.74. The van der Waals surface area contributed by atoms with Gasteiger partial charge in [-0.05, 0) is 70.5 Å². The smallest absolute Gasteiger partial charge is 0.419 e. The van der Waals surface area contributed by atoms with Gasteiger partial charge in [0, 0.05) is 53.1 Å². The molecule has 278 valence electrons. The van der Waals surface area contributed by atoms with Crippen LogP contribution >= 0.6 is 0 Å². The molecule has 3 aromatic heterocycles. The summed E-state index contributed by atoms with van der Waals surface area (Å²) >= 11 is 0. The lowest BCUT2D eigenvalue weighted by Crippen LogP contribution is -2.49. The van der Waals surface area contributed by atoms with E-state index < -0.39 is 43.4 Å². The van der Waals surface area contributed by atoms with Gasteiger partial charge in [-0.2, -0.15) is 9.57 Å². The fourth-order valence-electron chi connectivity index (χ4n) is 5.99. The molecule has 4 rings (SSSR count). The number of aromatic nitrogens is 4. The minimum absolute atomic E-state index is 0.0455. The number of methoxy groups -OCH3 is 1. The maximum absolute atomic E-state index is 14.5. The molecule has 1 atom stereocenters. The van der Waals surface area contributed by atoms with Crippen LogP contribution < -0.4 is 4.74 Å².